The van der Waals surface area contributed by atoms with Crippen molar-refractivity contribution in [3.05, 3.63) is 18.3 Å². The van der Waals surface area contributed by atoms with Gasteiger partial charge in [0.05, 0.1) is 19.3 Å². The summed E-state index contributed by atoms with van der Waals surface area (Å²) in [6, 6.07) is 4.62. The first kappa shape index (κ1) is 8.84. The minimum atomic E-state index is 0.147. The highest BCUT2D eigenvalue weighted by atomic mass is 16.5. The van der Waals surface area contributed by atoms with Crippen molar-refractivity contribution in [1.29, 1.82) is 0 Å². The smallest absolute Gasteiger partial charge is 0.225 e. The molecule has 0 saturated carbocycles. The highest BCUT2D eigenvalue weighted by Gasteiger charge is 2.00. The molecule has 1 aromatic heterocycles. The van der Waals surface area contributed by atoms with Crippen LogP contribution in [-0.2, 0) is 0 Å². The quantitative estimate of drug-likeness (QED) is 0.684. The van der Waals surface area contributed by atoms with E-state index < -0.39 is 0 Å². The Labute approximate surface area is 72.3 Å². The maximum Gasteiger partial charge on any atom is 0.225 e. The molecule has 0 fully saturated rings. The molecule has 12 heavy (non-hydrogen) atoms. The molecule has 0 spiro atoms. The van der Waals surface area contributed by atoms with Gasteiger partial charge in [0.2, 0.25) is 5.88 Å². The summed E-state index contributed by atoms with van der Waals surface area (Å²) in [5.74, 6) is 1.12. The fourth-order valence-electron chi connectivity index (χ4n) is 0.778. The molecule has 3 nitrogen and oxygen atoms in total. The monoisotopic (exact) mass is 166 g/mol. The lowest BCUT2D eigenvalue weighted by molar-refractivity contribution is 0.240. The van der Waals surface area contributed by atoms with E-state index in [0.29, 0.717) is 11.6 Å². The van der Waals surface area contributed by atoms with E-state index in [0.717, 1.165) is 0 Å². The number of rotatable bonds is 3. The molecule has 0 bridgehead atoms. The topological polar surface area (TPSA) is 31.4 Å². The maximum atomic E-state index is 5.38. The van der Waals surface area contributed by atoms with Crippen LogP contribution in [0.3, 0.4) is 0 Å². The van der Waals surface area contributed by atoms with E-state index in [1.54, 1.807) is 19.4 Å². The zero-order valence-electron chi connectivity index (χ0n) is 7.50. The van der Waals surface area contributed by atoms with Gasteiger partial charge >= 0.3 is 0 Å². The zero-order chi connectivity index (χ0) is 8.97. The Hall–Kier alpha value is -1.25. The van der Waals surface area contributed by atoms with Crippen molar-refractivity contribution in [2.24, 2.45) is 0 Å². The molecule has 65 valence electrons. The molecular weight excluding hydrogens is 154 g/mol. The van der Waals surface area contributed by atoms with Gasteiger partial charge in [-0.1, -0.05) is 0 Å². The van der Waals surface area contributed by atoms with Gasteiger partial charge in [-0.05, 0) is 19.9 Å². The van der Waals surface area contributed by atoms with E-state index in [2.05, 4.69) is 11.1 Å². The van der Waals surface area contributed by atoms with Gasteiger partial charge in [0, 0.05) is 6.20 Å². The first-order valence-corrected chi connectivity index (χ1v) is 3.81. The Bertz CT molecular complexity index is 248. The lowest BCUT2D eigenvalue weighted by atomic mass is 10.4. The summed E-state index contributed by atoms with van der Waals surface area (Å²) in [5, 5.41) is 0. The first-order chi connectivity index (χ1) is 5.72. The third-order valence-electron chi connectivity index (χ3n) is 1.20. The average Bonchev–Trinajstić information content (AvgIpc) is 2.03. The largest absolute Gasteiger partial charge is 0.490 e. The Balaban J connectivity index is 2.72. The predicted molar refractivity (Wildman–Crippen MR) is 45.4 cm³/mol. The minimum absolute atomic E-state index is 0.147. The molecule has 1 aromatic rings. The molecular formula is C9H12NO2. The Morgan fingerprint density at radius 3 is 2.83 bits per heavy atom. The summed E-state index contributed by atoms with van der Waals surface area (Å²) in [6.07, 6.45) is 1.78. The van der Waals surface area contributed by atoms with Gasteiger partial charge in [0.1, 0.15) is 5.75 Å². The standard InChI is InChI=1S/C9H12NO2/c1-7(2)12-8-4-5-10-9(6-8)11-3/h4-5,7H,1-3H3. The Morgan fingerprint density at radius 2 is 2.25 bits per heavy atom. The second-order valence-corrected chi connectivity index (χ2v) is 2.61. The van der Waals surface area contributed by atoms with Crippen LogP contribution in [0.2, 0.25) is 0 Å². The van der Waals surface area contributed by atoms with Crippen molar-refractivity contribution in [2.75, 3.05) is 7.11 Å². The fraction of sp³-hybridized carbons (Fsp3) is 0.444. The van der Waals surface area contributed by atoms with Crippen LogP contribution < -0.4 is 9.47 Å². The number of ether oxygens (including phenoxy) is 2. The molecule has 0 atom stereocenters. The minimum Gasteiger partial charge on any atom is -0.490 e. The van der Waals surface area contributed by atoms with E-state index in [-0.39, 0.29) is 6.10 Å². The number of hydrogen-bond acceptors (Lipinski definition) is 3. The average molecular weight is 166 g/mol. The SMILES string of the molecule is COc1[c]c(OC(C)C)ccn1. The summed E-state index contributed by atoms with van der Waals surface area (Å²) in [5.41, 5.74) is 0. The van der Waals surface area contributed by atoms with Crippen molar-refractivity contribution >= 4 is 0 Å². The number of hydrogen-bond donors (Lipinski definition) is 0. The van der Waals surface area contributed by atoms with Gasteiger partial charge in [-0.15, -0.1) is 0 Å². The summed E-state index contributed by atoms with van der Waals surface area (Å²) in [4.78, 5) is 3.91. The van der Waals surface area contributed by atoms with Gasteiger partial charge in [0.25, 0.3) is 0 Å². The summed E-state index contributed by atoms with van der Waals surface area (Å²) >= 11 is 0. The van der Waals surface area contributed by atoms with Crippen LogP contribution in [0, 0.1) is 6.07 Å². The molecule has 0 N–H and O–H groups in total. The normalized spacial score (nSPS) is 10.0. The van der Waals surface area contributed by atoms with E-state index in [1.807, 2.05) is 13.8 Å². The lowest BCUT2D eigenvalue weighted by Gasteiger charge is -2.08. The highest BCUT2D eigenvalue weighted by molar-refractivity contribution is 5.24. The van der Waals surface area contributed by atoms with Crippen LogP contribution in [0.15, 0.2) is 12.3 Å². The molecule has 0 aliphatic heterocycles. The molecule has 0 aromatic carbocycles. The number of pyridine rings is 1. The van der Waals surface area contributed by atoms with Crippen LogP contribution in [0.4, 0.5) is 0 Å². The van der Waals surface area contributed by atoms with Crippen LogP contribution in [0.1, 0.15) is 13.8 Å². The van der Waals surface area contributed by atoms with Crippen molar-refractivity contribution in [1.82, 2.24) is 4.98 Å². The molecule has 1 heterocycles. The number of nitrogens with zero attached hydrogens (tertiary/aromatic N) is 1. The van der Waals surface area contributed by atoms with Gasteiger partial charge < -0.3 is 9.47 Å². The second kappa shape index (κ2) is 3.95. The van der Waals surface area contributed by atoms with E-state index in [9.17, 15) is 0 Å². The van der Waals surface area contributed by atoms with Crippen LogP contribution in [-0.4, -0.2) is 18.2 Å². The van der Waals surface area contributed by atoms with E-state index in [4.69, 9.17) is 9.47 Å². The Morgan fingerprint density at radius 1 is 1.50 bits per heavy atom. The number of methoxy groups -OCH3 is 1. The molecule has 0 unspecified atom stereocenters. The van der Waals surface area contributed by atoms with Crippen molar-refractivity contribution in [2.45, 2.75) is 20.0 Å². The molecule has 3 heteroatoms. The summed E-state index contributed by atoms with van der Waals surface area (Å²) in [6.45, 7) is 3.92. The van der Waals surface area contributed by atoms with E-state index >= 15 is 0 Å². The van der Waals surface area contributed by atoms with Gasteiger partial charge in [-0.25, -0.2) is 4.98 Å². The van der Waals surface area contributed by atoms with Crippen LogP contribution in [0.25, 0.3) is 0 Å². The molecule has 1 rings (SSSR count). The Kier molecular flexibility index (Phi) is 2.91. The lowest BCUT2D eigenvalue weighted by Crippen LogP contribution is -2.05. The summed E-state index contributed by atoms with van der Waals surface area (Å²) in [7, 11) is 1.55. The third kappa shape index (κ3) is 2.42. The van der Waals surface area contributed by atoms with Crippen molar-refractivity contribution in [3.63, 3.8) is 0 Å². The first-order valence-electron chi connectivity index (χ1n) is 3.81. The second-order valence-electron chi connectivity index (χ2n) is 2.61. The fourth-order valence-corrected chi connectivity index (χ4v) is 0.778. The van der Waals surface area contributed by atoms with Crippen LogP contribution >= 0.6 is 0 Å². The van der Waals surface area contributed by atoms with Crippen molar-refractivity contribution in [3.8, 4) is 11.6 Å². The maximum absolute atomic E-state index is 5.38. The van der Waals surface area contributed by atoms with Gasteiger partial charge in [-0.2, -0.15) is 0 Å². The molecule has 0 saturated heterocycles. The number of aromatic nitrogens is 1. The third-order valence-corrected chi connectivity index (χ3v) is 1.20. The molecule has 1 radical (unpaired) electrons. The molecule has 0 amide bonds. The summed E-state index contributed by atoms with van der Waals surface area (Å²) < 4.78 is 10.3. The molecule has 0 aliphatic carbocycles. The van der Waals surface area contributed by atoms with Gasteiger partial charge in [0.15, 0.2) is 0 Å². The van der Waals surface area contributed by atoms with E-state index in [1.165, 1.54) is 0 Å². The zero-order valence-corrected chi connectivity index (χ0v) is 7.50. The highest BCUT2D eigenvalue weighted by Crippen LogP contribution is 2.15. The van der Waals surface area contributed by atoms with Gasteiger partial charge in [-0.3, -0.25) is 0 Å². The van der Waals surface area contributed by atoms with Crippen LogP contribution in [0.5, 0.6) is 11.6 Å². The molecule has 0 aliphatic rings. The predicted octanol–water partition coefficient (Wildman–Crippen LogP) is 1.68. The van der Waals surface area contributed by atoms with Crippen molar-refractivity contribution < 1.29 is 9.47 Å².